The maximum Gasteiger partial charge on any atom is 0.0962 e. The highest BCUT2D eigenvalue weighted by Crippen LogP contribution is 2.55. The standard InChI is InChI=1S/C8H14O2/c9-7-4-2-1-3-5-8(7,10)6-7/h9-10H,1-6H2/t7-,8+. The van der Waals surface area contributed by atoms with Gasteiger partial charge in [0.15, 0.2) is 0 Å². The van der Waals surface area contributed by atoms with Gasteiger partial charge in [0.1, 0.15) is 0 Å². The molecule has 10 heavy (non-hydrogen) atoms. The maximum absolute atomic E-state index is 9.64. The zero-order valence-corrected chi connectivity index (χ0v) is 6.14. The van der Waals surface area contributed by atoms with Crippen molar-refractivity contribution in [3.05, 3.63) is 0 Å². The summed E-state index contributed by atoms with van der Waals surface area (Å²) in [4.78, 5) is 0. The van der Waals surface area contributed by atoms with Gasteiger partial charge in [-0.15, -0.1) is 0 Å². The third kappa shape index (κ3) is 0.722. The number of fused-ring (bicyclic) bond motifs is 1. The summed E-state index contributed by atoms with van der Waals surface area (Å²) in [7, 11) is 0. The topological polar surface area (TPSA) is 40.5 Å². The van der Waals surface area contributed by atoms with E-state index >= 15 is 0 Å². The molecule has 0 saturated heterocycles. The highest BCUT2D eigenvalue weighted by molar-refractivity contribution is 5.18. The Morgan fingerprint density at radius 1 is 0.800 bits per heavy atom. The van der Waals surface area contributed by atoms with E-state index in [9.17, 15) is 10.2 Å². The molecule has 0 bridgehead atoms. The first kappa shape index (κ1) is 6.62. The minimum atomic E-state index is -0.677. The Morgan fingerprint density at radius 3 is 1.80 bits per heavy atom. The van der Waals surface area contributed by atoms with E-state index in [1.165, 1.54) is 6.42 Å². The lowest BCUT2D eigenvalue weighted by Gasteiger charge is -2.11. The van der Waals surface area contributed by atoms with E-state index < -0.39 is 11.2 Å². The molecule has 0 radical (unpaired) electrons. The van der Waals surface area contributed by atoms with Gasteiger partial charge in [-0.1, -0.05) is 19.3 Å². The van der Waals surface area contributed by atoms with Crippen LogP contribution in [0.4, 0.5) is 0 Å². The van der Waals surface area contributed by atoms with Crippen molar-refractivity contribution in [2.75, 3.05) is 0 Å². The first-order chi connectivity index (χ1) is 4.66. The van der Waals surface area contributed by atoms with Gasteiger partial charge in [0.2, 0.25) is 0 Å². The zero-order chi connectivity index (χ0) is 7.24. The molecule has 0 unspecified atom stereocenters. The first-order valence-electron chi connectivity index (χ1n) is 4.11. The van der Waals surface area contributed by atoms with Gasteiger partial charge in [-0.25, -0.2) is 0 Å². The summed E-state index contributed by atoms with van der Waals surface area (Å²) >= 11 is 0. The van der Waals surface area contributed by atoms with Gasteiger partial charge in [0, 0.05) is 6.42 Å². The molecule has 0 amide bonds. The number of aliphatic hydroxyl groups is 2. The van der Waals surface area contributed by atoms with E-state index in [1.807, 2.05) is 0 Å². The predicted octanol–water partition coefficient (Wildman–Crippen LogP) is 0.816. The van der Waals surface area contributed by atoms with E-state index in [1.54, 1.807) is 0 Å². The molecule has 0 aromatic carbocycles. The van der Waals surface area contributed by atoms with Crippen LogP contribution in [0.5, 0.6) is 0 Å². The lowest BCUT2D eigenvalue weighted by Crippen LogP contribution is -2.23. The van der Waals surface area contributed by atoms with Gasteiger partial charge in [-0.05, 0) is 12.8 Å². The highest BCUT2D eigenvalue weighted by atomic mass is 16.4. The summed E-state index contributed by atoms with van der Waals surface area (Å²) in [6.45, 7) is 0. The average Bonchev–Trinajstić information content (AvgIpc) is 2.36. The molecule has 2 aliphatic carbocycles. The molecular weight excluding hydrogens is 128 g/mol. The van der Waals surface area contributed by atoms with Crippen molar-refractivity contribution in [1.82, 2.24) is 0 Å². The quantitative estimate of drug-likeness (QED) is 0.525. The van der Waals surface area contributed by atoms with Gasteiger partial charge in [0.25, 0.3) is 0 Å². The van der Waals surface area contributed by atoms with Crippen molar-refractivity contribution in [1.29, 1.82) is 0 Å². The number of hydrogen-bond acceptors (Lipinski definition) is 2. The lowest BCUT2D eigenvalue weighted by molar-refractivity contribution is 0.0157. The average molecular weight is 142 g/mol. The van der Waals surface area contributed by atoms with Crippen molar-refractivity contribution in [3.63, 3.8) is 0 Å². The van der Waals surface area contributed by atoms with E-state index in [4.69, 9.17) is 0 Å². The molecule has 2 aliphatic rings. The molecule has 2 nitrogen and oxygen atoms in total. The smallest absolute Gasteiger partial charge is 0.0962 e. The Kier molecular flexibility index (Phi) is 1.15. The normalized spacial score (nSPS) is 53.4. The Bertz CT molecular complexity index is 141. The zero-order valence-electron chi connectivity index (χ0n) is 6.14. The predicted molar refractivity (Wildman–Crippen MR) is 37.6 cm³/mol. The van der Waals surface area contributed by atoms with Gasteiger partial charge >= 0.3 is 0 Å². The second kappa shape index (κ2) is 1.74. The Labute approximate surface area is 60.9 Å². The number of rotatable bonds is 0. The van der Waals surface area contributed by atoms with Crippen LogP contribution in [-0.2, 0) is 0 Å². The molecule has 2 heteroatoms. The SMILES string of the molecule is O[C@@]12CCCCC[C@]1(O)C2. The van der Waals surface area contributed by atoms with Crippen LogP contribution in [-0.4, -0.2) is 21.4 Å². The Hall–Kier alpha value is -0.0800. The lowest BCUT2D eigenvalue weighted by atomic mass is 10.1. The number of hydrogen-bond donors (Lipinski definition) is 2. The third-order valence-electron chi connectivity index (χ3n) is 3.01. The third-order valence-corrected chi connectivity index (χ3v) is 3.01. The van der Waals surface area contributed by atoms with Gasteiger partial charge in [0.05, 0.1) is 11.2 Å². The molecule has 2 rings (SSSR count). The minimum Gasteiger partial charge on any atom is -0.387 e. The van der Waals surface area contributed by atoms with Gasteiger partial charge < -0.3 is 10.2 Å². The van der Waals surface area contributed by atoms with Gasteiger partial charge in [-0.3, -0.25) is 0 Å². The molecule has 2 saturated carbocycles. The summed E-state index contributed by atoms with van der Waals surface area (Å²) < 4.78 is 0. The van der Waals surface area contributed by atoms with Crippen LogP contribution in [0.25, 0.3) is 0 Å². The fraction of sp³-hybridized carbons (Fsp3) is 1.00. The molecule has 2 fully saturated rings. The van der Waals surface area contributed by atoms with Crippen molar-refractivity contribution in [2.45, 2.75) is 49.7 Å². The van der Waals surface area contributed by atoms with Crippen LogP contribution in [0.15, 0.2) is 0 Å². The molecule has 0 heterocycles. The van der Waals surface area contributed by atoms with Crippen molar-refractivity contribution in [3.8, 4) is 0 Å². The molecular formula is C8H14O2. The fourth-order valence-electron chi connectivity index (χ4n) is 2.09. The summed E-state index contributed by atoms with van der Waals surface area (Å²) in [6.07, 6.45) is 5.58. The second-order valence-electron chi connectivity index (χ2n) is 3.80. The van der Waals surface area contributed by atoms with Crippen molar-refractivity contribution >= 4 is 0 Å². The molecule has 0 spiro atoms. The minimum absolute atomic E-state index is 0.625. The van der Waals surface area contributed by atoms with Crippen LogP contribution in [0, 0.1) is 0 Å². The molecule has 0 aromatic heterocycles. The molecule has 58 valence electrons. The molecule has 0 aromatic rings. The van der Waals surface area contributed by atoms with E-state index in [0.29, 0.717) is 6.42 Å². The van der Waals surface area contributed by atoms with Crippen molar-refractivity contribution < 1.29 is 10.2 Å². The van der Waals surface area contributed by atoms with Gasteiger partial charge in [-0.2, -0.15) is 0 Å². The Morgan fingerprint density at radius 2 is 1.30 bits per heavy atom. The molecule has 2 N–H and O–H groups in total. The van der Waals surface area contributed by atoms with Crippen LogP contribution in [0.1, 0.15) is 38.5 Å². The van der Waals surface area contributed by atoms with E-state index in [0.717, 1.165) is 25.7 Å². The Balaban J connectivity index is 2.11. The fourth-order valence-corrected chi connectivity index (χ4v) is 2.09. The molecule has 2 atom stereocenters. The summed E-state index contributed by atoms with van der Waals surface area (Å²) in [5.74, 6) is 0. The van der Waals surface area contributed by atoms with Crippen LogP contribution < -0.4 is 0 Å². The monoisotopic (exact) mass is 142 g/mol. The van der Waals surface area contributed by atoms with Crippen molar-refractivity contribution in [2.24, 2.45) is 0 Å². The summed E-state index contributed by atoms with van der Waals surface area (Å²) in [6, 6.07) is 0. The van der Waals surface area contributed by atoms with Crippen LogP contribution >= 0.6 is 0 Å². The highest BCUT2D eigenvalue weighted by Gasteiger charge is 2.65. The summed E-state index contributed by atoms with van der Waals surface area (Å²) in [5, 5.41) is 19.3. The second-order valence-corrected chi connectivity index (χ2v) is 3.80. The van der Waals surface area contributed by atoms with Crippen LogP contribution in [0.3, 0.4) is 0 Å². The maximum atomic E-state index is 9.64. The molecule has 0 aliphatic heterocycles. The van der Waals surface area contributed by atoms with E-state index in [2.05, 4.69) is 0 Å². The van der Waals surface area contributed by atoms with Crippen LogP contribution in [0.2, 0.25) is 0 Å². The largest absolute Gasteiger partial charge is 0.387 e. The first-order valence-corrected chi connectivity index (χ1v) is 4.11. The van der Waals surface area contributed by atoms with E-state index in [-0.39, 0.29) is 0 Å². The summed E-state index contributed by atoms with van der Waals surface area (Å²) in [5.41, 5.74) is -1.35.